The molecule has 130 valence electrons. The van der Waals surface area contributed by atoms with Crippen molar-refractivity contribution in [3.05, 3.63) is 53.8 Å². The predicted molar refractivity (Wildman–Crippen MR) is 93.5 cm³/mol. The number of rotatable bonds is 2. The van der Waals surface area contributed by atoms with E-state index in [1.165, 1.54) is 24.3 Å². The Morgan fingerprint density at radius 1 is 1.24 bits per heavy atom. The quantitative estimate of drug-likeness (QED) is 0.909. The number of anilines is 2. The molecule has 25 heavy (non-hydrogen) atoms. The first-order valence-electron chi connectivity index (χ1n) is 7.90. The van der Waals surface area contributed by atoms with Gasteiger partial charge >= 0.3 is 0 Å². The third-order valence-corrected chi connectivity index (χ3v) is 4.14. The molecule has 0 saturated carbocycles. The van der Waals surface area contributed by atoms with E-state index < -0.39 is 17.1 Å². The summed E-state index contributed by atoms with van der Waals surface area (Å²) in [6, 6.07) is 10.5. The molecule has 0 aromatic heterocycles. The summed E-state index contributed by atoms with van der Waals surface area (Å²) in [7, 11) is 1.70. The van der Waals surface area contributed by atoms with Crippen LogP contribution in [0, 0.1) is 11.2 Å². The van der Waals surface area contributed by atoms with Gasteiger partial charge in [-0.2, -0.15) is 0 Å². The molecular formula is C19H19FN2O3. The summed E-state index contributed by atoms with van der Waals surface area (Å²) in [5.41, 5.74) is 0.732. The number of halogens is 1. The molecule has 2 aromatic rings. The van der Waals surface area contributed by atoms with Crippen LogP contribution >= 0.6 is 0 Å². The van der Waals surface area contributed by atoms with Crippen molar-refractivity contribution in [3.8, 4) is 5.75 Å². The summed E-state index contributed by atoms with van der Waals surface area (Å²) in [4.78, 5) is 26.2. The summed E-state index contributed by atoms with van der Waals surface area (Å²) in [6.07, 6.45) is 0. The first-order chi connectivity index (χ1) is 11.8. The number of carbonyl (C=O) groups excluding carboxylic acids is 2. The number of nitrogens with zero attached hydrogens (tertiary/aromatic N) is 1. The van der Waals surface area contributed by atoms with Gasteiger partial charge in [-0.15, -0.1) is 0 Å². The largest absolute Gasteiger partial charge is 0.490 e. The SMILES string of the molecule is CN1C(=O)C(C)(C)COc2cc(NC(=O)c3cccc(F)c3)ccc21. The van der Waals surface area contributed by atoms with Crippen LogP contribution in [0.3, 0.4) is 0 Å². The Morgan fingerprint density at radius 2 is 2.00 bits per heavy atom. The van der Waals surface area contributed by atoms with Gasteiger partial charge in [0.15, 0.2) is 0 Å². The molecule has 6 heteroatoms. The maximum Gasteiger partial charge on any atom is 0.255 e. The molecule has 0 spiro atoms. The molecule has 0 unspecified atom stereocenters. The van der Waals surface area contributed by atoms with E-state index in [0.717, 1.165) is 0 Å². The van der Waals surface area contributed by atoms with Crippen molar-refractivity contribution < 1.29 is 18.7 Å². The van der Waals surface area contributed by atoms with Crippen LogP contribution in [0.4, 0.5) is 15.8 Å². The van der Waals surface area contributed by atoms with E-state index in [1.54, 1.807) is 30.1 Å². The molecule has 0 bridgehead atoms. The molecule has 2 aromatic carbocycles. The predicted octanol–water partition coefficient (Wildman–Crippen LogP) is 3.46. The third-order valence-electron chi connectivity index (χ3n) is 4.14. The van der Waals surface area contributed by atoms with Crippen molar-refractivity contribution in [1.29, 1.82) is 0 Å². The highest BCUT2D eigenvalue weighted by Crippen LogP contribution is 2.37. The Bertz CT molecular complexity index is 848. The Morgan fingerprint density at radius 3 is 2.72 bits per heavy atom. The van der Waals surface area contributed by atoms with Crippen LogP contribution in [0.25, 0.3) is 0 Å². The number of hydrogen-bond donors (Lipinski definition) is 1. The molecule has 0 saturated heterocycles. The fraction of sp³-hybridized carbons (Fsp3) is 0.263. The van der Waals surface area contributed by atoms with Crippen molar-refractivity contribution in [2.45, 2.75) is 13.8 Å². The number of ether oxygens (including phenoxy) is 1. The molecule has 1 aliphatic heterocycles. The Hall–Kier alpha value is -2.89. The van der Waals surface area contributed by atoms with Crippen molar-refractivity contribution in [2.24, 2.45) is 5.41 Å². The number of fused-ring (bicyclic) bond motifs is 1. The van der Waals surface area contributed by atoms with Crippen LogP contribution in [0.5, 0.6) is 5.75 Å². The van der Waals surface area contributed by atoms with Crippen molar-refractivity contribution >= 4 is 23.2 Å². The van der Waals surface area contributed by atoms with E-state index >= 15 is 0 Å². The molecule has 2 amide bonds. The van der Waals surface area contributed by atoms with Gasteiger partial charge in [0.1, 0.15) is 18.2 Å². The maximum atomic E-state index is 13.3. The van der Waals surface area contributed by atoms with Crippen LogP contribution in [0.15, 0.2) is 42.5 Å². The van der Waals surface area contributed by atoms with E-state index in [9.17, 15) is 14.0 Å². The second-order valence-corrected chi connectivity index (χ2v) is 6.68. The van der Waals surface area contributed by atoms with Crippen LogP contribution in [-0.4, -0.2) is 25.5 Å². The average molecular weight is 342 g/mol. The molecule has 1 N–H and O–H groups in total. The smallest absolute Gasteiger partial charge is 0.255 e. The normalized spacial score (nSPS) is 15.8. The second kappa shape index (κ2) is 6.20. The van der Waals surface area contributed by atoms with Gasteiger partial charge in [0.05, 0.1) is 11.1 Å². The zero-order valence-corrected chi connectivity index (χ0v) is 14.3. The molecule has 1 aliphatic rings. The van der Waals surface area contributed by atoms with Gasteiger partial charge in [-0.3, -0.25) is 9.59 Å². The van der Waals surface area contributed by atoms with Gasteiger partial charge < -0.3 is 15.0 Å². The van der Waals surface area contributed by atoms with Gasteiger partial charge in [-0.05, 0) is 44.2 Å². The van der Waals surface area contributed by atoms with E-state index in [1.807, 2.05) is 13.8 Å². The molecule has 5 nitrogen and oxygen atoms in total. The standard InChI is InChI=1S/C19H19FN2O3/c1-19(2)11-25-16-10-14(7-8-15(16)22(3)18(19)24)21-17(23)12-5-4-6-13(20)9-12/h4-10H,11H2,1-3H3,(H,21,23). The first kappa shape index (κ1) is 17.0. The number of benzene rings is 2. The number of carbonyl (C=O) groups is 2. The van der Waals surface area contributed by atoms with Gasteiger partial charge in [0, 0.05) is 24.4 Å². The average Bonchev–Trinajstić information content (AvgIpc) is 2.66. The summed E-state index contributed by atoms with van der Waals surface area (Å²) < 4.78 is 19.0. The lowest BCUT2D eigenvalue weighted by Crippen LogP contribution is -2.39. The molecule has 3 rings (SSSR count). The van der Waals surface area contributed by atoms with E-state index in [0.29, 0.717) is 17.1 Å². The van der Waals surface area contributed by atoms with E-state index in [2.05, 4.69) is 5.32 Å². The molecule has 0 atom stereocenters. The summed E-state index contributed by atoms with van der Waals surface area (Å²) >= 11 is 0. The van der Waals surface area contributed by atoms with Crippen molar-refractivity contribution in [1.82, 2.24) is 0 Å². The fourth-order valence-corrected chi connectivity index (χ4v) is 2.70. The zero-order chi connectivity index (χ0) is 18.2. The minimum atomic E-state index is -0.640. The van der Waals surface area contributed by atoms with Crippen molar-refractivity contribution in [2.75, 3.05) is 23.9 Å². The minimum absolute atomic E-state index is 0.0391. The van der Waals surface area contributed by atoms with E-state index in [4.69, 9.17) is 4.74 Å². The van der Waals surface area contributed by atoms with Gasteiger partial charge in [0.25, 0.3) is 5.91 Å². The lowest BCUT2D eigenvalue weighted by atomic mass is 9.93. The fourth-order valence-electron chi connectivity index (χ4n) is 2.70. The Kier molecular flexibility index (Phi) is 4.20. The van der Waals surface area contributed by atoms with Crippen LogP contribution < -0.4 is 15.0 Å². The molecule has 0 radical (unpaired) electrons. The van der Waals surface area contributed by atoms with Crippen LogP contribution in [0.2, 0.25) is 0 Å². The van der Waals surface area contributed by atoms with Gasteiger partial charge in [0.2, 0.25) is 5.91 Å². The molecule has 0 aliphatic carbocycles. The highest BCUT2D eigenvalue weighted by molar-refractivity contribution is 6.05. The summed E-state index contributed by atoms with van der Waals surface area (Å²) in [6.45, 7) is 3.89. The summed E-state index contributed by atoms with van der Waals surface area (Å²) in [5.74, 6) is -0.417. The topological polar surface area (TPSA) is 58.6 Å². The van der Waals surface area contributed by atoms with Gasteiger partial charge in [-0.25, -0.2) is 4.39 Å². The van der Waals surface area contributed by atoms with E-state index in [-0.39, 0.29) is 18.1 Å². The Balaban J connectivity index is 1.86. The van der Waals surface area contributed by atoms with Gasteiger partial charge in [-0.1, -0.05) is 6.07 Å². The zero-order valence-electron chi connectivity index (χ0n) is 14.3. The number of hydrogen-bond acceptors (Lipinski definition) is 3. The molecule has 0 fully saturated rings. The molecule has 1 heterocycles. The number of nitrogens with one attached hydrogen (secondary N) is 1. The van der Waals surface area contributed by atoms with Crippen molar-refractivity contribution in [3.63, 3.8) is 0 Å². The first-order valence-corrected chi connectivity index (χ1v) is 7.90. The lowest BCUT2D eigenvalue weighted by molar-refractivity contribution is -0.127. The monoisotopic (exact) mass is 342 g/mol. The summed E-state index contributed by atoms with van der Waals surface area (Å²) in [5, 5.41) is 2.71. The number of amides is 2. The lowest BCUT2D eigenvalue weighted by Gasteiger charge is -2.24. The maximum absolute atomic E-state index is 13.3. The molecular weight excluding hydrogens is 323 g/mol. The third kappa shape index (κ3) is 3.33. The second-order valence-electron chi connectivity index (χ2n) is 6.68. The van der Waals surface area contributed by atoms with Crippen LogP contribution in [-0.2, 0) is 4.79 Å². The Labute approximate surface area is 145 Å². The highest BCUT2D eigenvalue weighted by atomic mass is 19.1. The van der Waals surface area contributed by atoms with Crippen LogP contribution in [0.1, 0.15) is 24.2 Å². The minimum Gasteiger partial charge on any atom is -0.490 e. The highest BCUT2D eigenvalue weighted by Gasteiger charge is 2.36.